The van der Waals surface area contributed by atoms with Gasteiger partial charge in [-0.2, -0.15) is 0 Å². The van der Waals surface area contributed by atoms with Crippen molar-refractivity contribution in [1.82, 2.24) is 24.8 Å². The van der Waals surface area contributed by atoms with Crippen LogP contribution in [0.4, 0.5) is 10.5 Å². The molecule has 0 radical (unpaired) electrons. The van der Waals surface area contributed by atoms with Crippen molar-refractivity contribution in [3.63, 3.8) is 0 Å². The smallest absolute Gasteiger partial charge is 0.410 e. The van der Waals surface area contributed by atoms with Crippen molar-refractivity contribution in [1.29, 1.82) is 0 Å². The van der Waals surface area contributed by atoms with Crippen molar-refractivity contribution in [3.05, 3.63) is 78.9 Å². The first-order valence-corrected chi connectivity index (χ1v) is 12.3. The normalized spacial score (nSPS) is 18.6. The standard InChI is InChI=1S/C28H24N6O3/c1-27(7-8-27)37-26(36)33-15-28(16-33)21-6-9-29-13-23(21)34(25(28)35)14-22-24(19-10-30-17-31-11-19)20-5-3-2-4-18(20)12-32-22/h2-6,9-13,17H,7-8,14-16H2,1H3. The highest BCUT2D eigenvalue weighted by Crippen LogP contribution is 2.49. The minimum absolute atomic E-state index is 0.0533. The first-order valence-electron chi connectivity index (χ1n) is 12.3. The van der Waals surface area contributed by atoms with Crippen LogP contribution in [0.1, 0.15) is 31.0 Å². The summed E-state index contributed by atoms with van der Waals surface area (Å²) in [7, 11) is 0. The van der Waals surface area contributed by atoms with E-state index in [1.165, 1.54) is 6.33 Å². The first kappa shape index (κ1) is 21.8. The van der Waals surface area contributed by atoms with Crippen molar-refractivity contribution in [2.75, 3.05) is 18.0 Å². The Kier molecular flexibility index (Phi) is 4.60. The Labute approximate surface area is 213 Å². The van der Waals surface area contributed by atoms with Crippen LogP contribution in [-0.4, -0.2) is 55.5 Å². The van der Waals surface area contributed by atoms with Crippen molar-refractivity contribution in [2.45, 2.75) is 37.3 Å². The lowest BCUT2D eigenvalue weighted by molar-refractivity contribution is -0.128. The summed E-state index contributed by atoms with van der Waals surface area (Å²) in [5.41, 5.74) is 2.96. The molecule has 2 amide bonds. The van der Waals surface area contributed by atoms with Crippen LogP contribution in [0.5, 0.6) is 0 Å². The second-order valence-electron chi connectivity index (χ2n) is 10.3. The molecule has 184 valence electrons. The number of benzene rings is 1. The summed E-state index contributed by atoms with van der Waals surface area (Å²) in [4.78, 5) is 47.6. The fourth-order valence-corrected chi connectivity index (χ4v) is 5.46. The third kappa shape index (κ3) is 3.37. The minimum Gasteiger partial charge on any atom is -0.443 e. The Morgan fingerprint density at radius 3 is 2.59 bits per heavy atom. The van der Waals surface area contributed by atoms with Gasteiger partial charge in [0.2, 0.25) is 5.91 Å². The Bertz CT molecular complexity index is 1560. The van der Waals surface area contributed by atoms with E-state index in [-0.39, 0.29) is 24.1 Å². The number of anilines is 1. The lowest BCUT2D eigenvalue weighted by atomic mass is 9.75. The Balaban J connectivity index is 1.25. The van der Waals surface area contributed by atoms with E-state index in [0.717, 1.165) is 51.7 Å². The Morgan fingerprint density at radius 2 is 1.81 bits per heavy atom. The predicted molar refractivity (Wildman–Crippen MR) is 136 cm³/mol. The van der Waals surface area contributed by atoms with Crippen LogP contribution in [0.2, 0.25) is 0 Å². The summed E-state index contributed by atoms with van der Waals surface area (Å²) in [6.07, 6.45) is 11.7. The average Bonchev–Trinajstić information content (AvgIpc) is 3.57. The third-order valence-corrected chi connectivity index (χ3v) is 7.76. The van der Waals surface area contributed by atoms with E-state index >= 15 is 0 Å². The molecule has 0 unspecified atom stereocenters. The van der Waals surface area contributed by atoms with Crippen LogP contribution in [-0.2, 0) is 21.5 Å². The molecule has 4 aromatic rings. The van der Waals surface area contributed by atoms with Crippen molar-refractivity contribution in [2.24, 2.45) is 0 Å². The molecular formula is C28H24N6O3. The second-order valence-corrected chi connectivity index (χ2v) is 10.3. The molecule has 5 heterocycles. The zero-order chi connectivity index (χ0) is 25.2. The quantitative estimate of drug-likeness (QED) is 0.426. The van der Waals surface area contributed by atoms with Gasteiger partial charge in [0.15, 0.2) is 0 Å². The van der Waals surface area contributed by atoms with Crippen molar-refractivity contribution >= 4 is 28.5 Å². The number of hydrogen-bond acceptors (Lipinski definition) is 7. The zero-order valence-corrected chi connectivity index (χ0v) is 20.3. The van der Waals surface area contributed by atoms with Gasteiger partial charge in [0, 0.05) is 54.4 Å². The van der Waals surface area contributed by atoms with Gasteiger partial charge in [0.1, 0.15) is 17.3 Å². The molecule has 1 spiro atoms. The highest BCUT2D eigenvalue weighted by atomic mass is 16.6. The van der Waals surface area contributed by atoms with E-state index in [2.05, 4.69) is 15.0 Å². The van der Waals surface area contributed by atoms with Crippen LogP contribution in [0.25, 0.3) is 21.9 Å². The Hall–Kier alpha value is -4.40. The Morgan fingerprint density at radius 1 is 1.03 bits per heavy atom. The highest BCUT2D eigenvalue weighted by Gasteiger charge is 2.60. The van der Waals surface area contributed by atoms with Crippen LogP contribution in [0.15, 0.2) is 67.6 Å². The summed E-state index contributed by atoms with van der Waals surface area (Å²) >= 11 is 0. The number of hydrogen-bond donors (Lipinski definition) is 0. The predicted octanol–water partition coefficient (Wildman–Crippen LogP) is 3.88. The van der Waals surface area contributed by atoms with Gasteiger partial charge < -0.3 is 14.5 Å². The maximum atomic E-state index is 14.0. The zero-order valence-electron chi connectivity index (χ0n) is 20.3. The number of pyridine rings is 2. The highest BCUT2D eigenvalue weighted by molar-refractivity contribution is 6.10. The number of fused-ring (bicyclic) bond motifs is 3. The molecule has 1 aliphatic carbocycles. The van der Waals surface area contributed by atoms with E-state index in [1.807, 2.05) is 43.5 Å². The molecule has 7 rings (SSSR count). The van der Waals surface area contributed by atoms with Gasteiger partial charge in [-0.1, -0.05) is 24.3 Å². The van der Waals surface area contributed by atoms with Crippen LogP contribution in [0, 0.1) is 0 Å². The van der Waals surface area contributed by atoms with E-state index in [9.17, 15) is 9.59 Å². The molecule has 9 heteroatoms. The monoisotopic (exact) mass is 492 g/mol. The topological polar surface area (TPSA) is 101 Å². The van der Waals surface area contributed by atoms with Gasteiger partial charge in [-0.25, -0.2) is 14.8 Å². The summed E-state index contributed by atoms with van der Waals surface area (Å²) in [5, 5.41) is 2.01. The number of carbonyl (C=O) groups is 2. The van der Waals surface area contributed by atoms with E-state index in [0.29, 0.717) is 13.1 Å². The van der Waals surface area contributed by atoms with Crippen LogP contribution < -0.4 is 4.90 Å². The number of rotatable bonds is 4. The number of aromatic nitrogens is 4. The molecule has 3 aliphatic rings. The lowest BCUT2D eigenvalue weighted by Crippen LogP contribution is -2.65. The molecule has 0 N–H and O–H groups in total. The van der Waals surface area contributed by atoms with Gasteiger partial charge in [-0.3, -0.25) is 14.8 Å². The van der Waals surface area contributed by atoms with Gasteiger partial charge in [-0.15, -0.1) is 0 Å². The molecule has 0 atom stereocenters. The van der Waals surface area contributed by atoms with Crippen LogP contribution >= 0.6 is 0 Å². The number of ether oxygens (including phenoxy) is 1. The molecule has 2 fully saturated rings. The maximum Gasteiger partial charge on any atom is 0.410 e. The maximum absolute atomic E-state index is 14.0. The second kappa shape index (κ2) is 7.80. The van der Waals surface area contributed by atoms with Crippen molar-refractivity contribution < 1.29 is 14.3 Å². The summed E-state index contributed by atoms with van der Waals surface area (Å²) < 4.78 is 5.63. The molecule has 1 aromatic carbocycles. The summed E-state index contributed by atoms with van der Waals surface area (Å²) in [6.45, 7) is 2.78. The van der Waals surface area contributed by atoms with Crippen LogP contribution in [0.3, 0.4) is 0 Å². The molecule has 9 nitrogen and oxygen atoms in total. The summed E-state index contributed by atoms with van der Waals surface area (Å²) in [6, 6.07) is 9.90. The van der Waals surface area contributed by atoms with Gasteiger partial charge >= 0.3 is 6.09 Å². The fourth-order valence-electron chi connectivity index (χ4n) is 5.46. The van der Waals surface area contributed by atoms with Gasteiger partial charge in [-0.05, 0) is 36.8 Å². The minimum atomic E-state index is -0.797. The molecule has 1 saturated carbocycles. The van der Waals surface area contributed by atoms with Gasteiger partial charge in [0.05, 0.1) is 24.1 Å². The number of carbonyl (C=O) groups excluding carboxylic acids is 2. The first-order chi connectivity index (χ1) is 18.0. The van der Waals surface area contributed by atoms with E-state index in [1.54, 1.807) is 34.6 Å². The molecule has 0 bridgehead atoms. The fraction of sp³-hybridized carbons (Fsp3) is 0.286. The molecule has 1 saturated heterocycles. The molecule has 2 aliphatic heterocycles. The van der Waals surface area contributed by atoms with E-state index in [4.69, 9.17) is 9.72 Å². The lowest BCUT2D eigenvalue weighted by Gasteiger charge is -2.46. The molecule has 3 aromatic heterocycles. The molecular weight excluding hydrogens is 468 g/mol. The SMILES string of the molecule is CC1(OC(=O)N2CC3(C2)C(=O)N(Cc2ncc4ccccc4c2-c2cncnc2)c2cnccc23)CC1. The largest absolute Gasteiger partial charge is 0.443 e. The van der Waals surface area contributed by atoms with Gasteiger partial charge in [0.25, 0.3) is 0 Å². The summed E-state index contributed by atoms with van der Waals surface area (Å²) in [5.74, 6) is -0.0533. The number of likely N-dealkylation sites (tertiary alicyclic amines) is 1. The average molecular weight is 493 g/mol. The number of nitrogens with zero attached hydrogens (tertiary/aromatic N) is 6. The van der Waals surface area contributed by atoms with Crippen molar-refractivity contribution in [3.8, 4) is 11.1 Å². The van der Waals surface area contributed by atoms with E-state index < -0.39 is 5.41 Å². The number of amides is 2. The molecule has 37 heavy (non-hydrogen) atoms. The third-order valence-electron chi connectivity index (χ3n) is 7.76.